The first-order valence-electron chi connectivity index (χ1n) is 8.54. The van der Waals surface area contributed by atoms with Crippen molar-refractivity contribution in [2.45, 2.75) is 6.92 Å². The highest BCUT2D eigenvalue weighted by atomic mass is 19.1. The first-order chi connectivity index (χ1) is 13.6. The number of hydrogen-bond acceptors (Lipinski definition) is 6. The van der Waals surface area contributed by atoms with Crippen LogP contribution in [0.2, 0.25) is 0 Å². The Morgan fingerprint density at radius 2 is 1.79 bits per heavy atom. The van der Waals surface area contributed by atoms with Crippen LogP contribution in [0, 0.1) is 12.7 Å². The summed E-state index contributed by atoms with van der Waals surface area (Å²) in [6.45, 7) is 1.78. The van der Waals surface area contributed by atoms with E-state index in [1.807, 2.05) is 30.3 Å². The van der Waals surface area contributed by atoms with E-state index in [9.17, 15) is 4.39 Å². The minimum atomic E-state index is -0.413. The Morgan fingerprint density at radius 1 is 0.929 bits per heavy atom. The Kier molecular flexibility index (Phi) is 4.63. The Bertz CT molecular complexity index is 1130. The van der Waals surface area contributed by atoms with E-state index < -0.39 is 5.82 Å². The van der Waals surface area contributed by atoms with Crippen LogP contribution in [0.5, 0.6) is 11.6 Å². The highest BCUT2D eigenvalue weighted by Gasteiger charge is 2.12. The molecule has 0 bridgehead atoms. The first kappa shape index (κ1) is 17.5. The average molecular weight is 373 g/mol. The van der Waals surface area contributed by atoms with Crippen LogP contribution in [0.1, 0.15) is 5.82 Å². The van der Waals surface area contributed by atoms with E-state index in [1.165, 1.54) is 18.5 Å². The van der Waals surface area contributed by atoms with Gasteiger partial charge in [-0.25, -0.2) is 14.4 Å². The van der Waals surface area contributed by atoms with Crippen molar-refractivity contribution in [3.8, 4) is 34.0 Å². The predicted molar refractivity (Wildman–Crippen MR) is 104 cm³/mol. The van der Waals surface area contributed by atoms with Crippen LogP contribution < -0.4 is 10.5 Å². The van der Waals surface area contributed by atoms with E-state index >= 15 is 0 Å². The number of anilines is 1. The number of aryl methyl sites for hydroxylation is 1. The van der Waals surface area contributed by atoms with Gasteiger partial charge in [-0.3, -0.25) is 4.98 Å². The molecule has 28 heavy (non-hydrogen) atoms. The van der Waals surface area contributed by atoms with Gasteiger partial charge in [0.2, 0.25) is 5.88 Å². The summed E-state index contributed by atoms with van der Waals surface area (Å²) in [6, 6.07) is 14.0. The molecule has 0 amide bonds. The monoisotopic (exact) mass is 373 g/mol. The molecule has 0 aliphatic heterocycles. The quantitative estimate of drug-likeness (QED) is 0.570. The third-order valence-corrected chi connectivity index (χ3v) is 4.08. The molecule has 6 nitrogen and oxygen atoms in total. The molecule has 0 atom stereocenters. The van der Waals surface area contributed by atoms with Gasteiger partial charge in [-0.1, -0.05) is 24.3 Å². The van der Waals surface area contributed by atoms with Gasteiger partial charge in [0.25, 0.3) is 0 Å². The molecule has 0 aliphatic carbocycles. The lowest BCUT2D eigenvalue weighted by atomic mass is 10.0. The van der Waals surface area contributed by atoms with E-state index in [0.717, 1.165) is 5.56 Å². The second-order valence-corrected chi connectivity index (χ2v) is 6.06. The fourth-order valence-electron chi connectivity index (χ4n) is 2.77. The third kappa shape index (κ3) is 3.64. The van der Waals surface area contributed by atoms with Crippen molar-refractivity contribution in [2.75, 3.05) is 5.73 Å². The molecule has 4 rings (SSSR count). The maximum Gasteiger partial charge on any atom is 0.222 e. The molecule has 4 aromatic rings. The lowest BCUT2D eigenvalue weighted by molar-refractivity contribution is 0.461. The zero-order valence-electron chi connectivity index (χ0n) is 15.0. The van der Waals surface area contributed by atoms with Crippen molar-refractivity contribution in [3.63, 3.8) is 0 Å². The number of para-hydroxylation sites is 1. The van der Waals surface area contributed by atoms with Crippen molar-refractivity contribution in [3.05, 3.63) is 78.8 Å². The van der Waals surface area contributed by atoms with Gasteiger partial charge in [-0.15, -0.1) is 0 Å². The summed E-state index contributed by atoms with van der Waals surface area (Å²) >= 11 is 0. The van der Waals surface area contributed by atoms with Crippen molar-refractivity contribution in [1.29, 1.82) is 0 Å². The van der Waals surface area contributed by atoms with Crippen LogP contribution in [-0.4, -0.2) is 19.9 Å². The molecule has 2 heterocycles. The van der Waals surface area contributed by atoms with E-state index in [1.54, 1.807) is 25.3 Å². The average Bonchev–Trinajstić information content (AvgIpc) is 2.69. The molecular formula is C21H16FN5O. The summed E-state index contributed by atoms with van der Waals surface area (Å²) in [5.74, 6) is 1.47. The van der Waals surface area contributed by atoms with Gasteiger partial charge in [0.1, 0.15) is 23.2 Å². The van der Waals surface area contributed by atoms with Gasteiger partial charge in [-0.05, 0) is 30.7 Å². The number of nitrogen functional groups attached to an aromatic ring is 1. The van der Waals surface area contributed by atoms with Crippen LogP contribution in [-0.2, 0) is 0 Å². The van der Waals surface area contributed by atoms with Crippen molar-refractivity contribution in [2.24, 2.45) is 0 Å². The zero-order chi connectivity index (χ0) is 19.5. The Balaban J connectivity index is 1.70. The van der Waals surface area contributed by atoms with Crippen LogP contribution in [0.4, 0.5) is 10.2 Å². The summed E-state index contributed by atoms with van der Waals surface area (Å²) in [5, 5.41) is 0. The van der Waals surface area contributed by atoms with Crippen molar-refractivity contribution in [1.82, 2.24) is 19.9 Å². The molecule has 0 aliphatic rings. The molecule has 2 aromatic carbocycles. The van der Waals surface area contributed by atoms with Crippen molar-refractivity contribution < 1.29 is 9.13 Å². The normalized spacial score (nSPS) is 10.6. The molecule has 0 fully saturated rings. The second kappa shape index (κ2) is 7.40. The molecule has 0 saturated carbocycles. The highest BCUT2D eigenvalue weighted by Crippen LogP contribution is 2.34. The lowest BCUT2D eigenvalue weighted by Gasteiger charge is -2.12. The molecular weight excluding hydrogens is 357 g/mol. The van der Waals surface area contributed by atoms with Gasteiger partial charge in [0, 0.05) is 23.4 Å². The predicted octanol–water partition coefficient (Wildman–Crippen LogP) is 4.42. The molecule has 0 unspecified atom stereocenters. The maximum atomic E-state index is 14.8. The number of hydrogen-bond donors (Lipinski definition) is 1. The second-order valence-electron chi connectivity index (χ2n) is 6.06. The van der Waals surface area contributed by atoms with Crippen molar-refractivity contribution >= 4 is 5.82 Å². The van der Waals surface area contributed by atoms with E-state index in [2.05, 4.69) is 19.9 Å². The smallest absolute Gasteiger partial charge is 0.222 e. The number of ether oxygens (including phenoxy) is 1. The van der Waals surface area contributed by atoms with E-state index in [0.29, 0.717) is 34.3 Å². The summed E-state index contributed by atoms with van der Waals surface area (Å²) in [6.07, 6.45) is 4.47. The minimum absolute atomic E-state index is 0.284. The molecule has 138 valence electrons. The highest BCUT2D eigenvalue weighted by molar-refractivity contribution is 5.74. The van der Waals surface area contributed by atoms with Crippen LogP contribution in [0.25, 0.3) is 22.4 Å². The molecule has 0 spiro atoms. The summed E-state index contributed by atoms with van der Waals surface area (Å²) in [5.41, 5.74) is 7.72. The first-order valence-corrected chi connectivity index (χ1v) is 8.54. The number of benzene rings is 2. The number of nitrogens with zero attached hydrogens (tertiary/aromatic N) is 4. The zero-order valence-corrected chi connectivity index (χ0v) is 15.0. The van der Waals surface area contributed by atoms with Gasteiger partial charge < -0.3 is 10.5 Å². The summed E-state index contributed by atoms with van der Waals surface area (Å²) in [7, 11) is 0. The summed E-state index contributed by atoms with van der Waals surface area (Å²) in [4.78, 5) is 16.4. The largest absolute Gasteiger partial charge is 0.438 e. The lowest BCUT2D eigenvalue weighted by Crippen LogP contribution is -1.95. The topological polar surface area (TPSA) is 86.8 Å². The fourth-order valence-corrected chi connectivity index (χ4v) is 2.77. The number of rotatable bonds is 4. The Morgan fingerprint density at radius 3 is 2.54 bits per heavy atom. The van der Waals surface area contributed by atoms with Crippen LogP contribution in [0.3, 0.4) is 0 Å². The number of aromatic nitrogens is 4. The standard InChI is InChI=1S/C21H16FN5O/c1-13-24-9-8-21(27-13)28-19-5-3-2-4-15(19)14-6-7-16(17(22)10-14)18-11-26-20(23)12-25-18/h2-12H,1H3,(H2,23,26). The van der Waals surface area contributed by atoms with Gasteiger partial charge in [0.15, 0.2) is 0 Å². The summed E-state index contributed by atoms with van der Waals surface area (Å²) < 4.78 is 20.7. The van der Waals surface area contributed by atoms with Gasteiger partial charge in [0.05, 0.1) is 18.1 Å². The number of nitrogens with two attached hydrogens (primary N) is 1. The van der Waals surface area contributed by atoms with Gasteiger partial charge >= 0.3 is 0 Å². The molecule has 7 heteroatoms. The Labute approximate surface area is 160 Å². The minimum Gasteiger partial charge on any atom is -0.438 e. The molecule has 2 N–H and O–H groups in total. The van der Waals surface area contributed by atoms with E-state index in [4.69, 9.17) is 10.5 Å². The Hall–Kier alpha value is -3.87. The van der Waals surface area contributed by atoms with E-state index in [-0.39, 0.29) is 5.82 Å². The number of halogens is 1. The maximum absolute atomic E-state index is 14.8. The molecule has 0 saturated heterocycles. The fraction of sp³-hybridized carbons (Fsp3) is 0.0476. The van der Waals surface area contributed by atoms with Crippen LogP contribution >= 0.6 is 0 Å². The SMILES string of the molecule is Cc1nccc(Oc2ccccc2-c2ccc(-c3cnc(N)cn3)c(F)c2)n1. The van der Waals surface area contributed by atoms with Gasteiger partial charge in [-0.2, -0.15) is 4.98 Å². The third-order valence-electron chi connectivity index (χ3n) is 4.08. The molecule has 2 aromatic heterocycles. The molecule has 0 radical (unpaired) electrons. The van der Waals surface area contributed by atoms with Crippen LogP contribution in [0.15, 0.2) is 67.1 Å².